The van der Waals surface area contributed by atoms with Gasteiger partial charge in [-0.25, -0.2) is 0 Å². The smallest absolute Gasteiger partial charge is 0.157 e. The summed E-state index contributed by atoms with van der Waals surface area (Å²) in [5, 5.41) is 24.6. The van der Waals surface area contributed by atoms with Gasteiger partial charge in [-0.1, -0.05) is 13.0 Å². The van der Waals surface area contributed by atoms with E-state index < -0.39 is 5.60 Å². The first kappa shape index (κ1) is 25.7. The summed E-state index contributed by atoms with van der Waals surface area (Å²) < 4.78 is 7.31. The zero-order chi connectivity index (χ0) is 25.6. The molecule has 0 radical (unpaired) electrons. The predicted octanol–water partition coefficient (Wildman–Crippen LogP) is 5.31. The third-order valence-corrected chi connectivity index (χ3v) is 11.1. The van der Waals surface area contributed by atoms with Crippen molar-refractivity contribution >= 4 is 5.78 Å². The van der Waals surface area contributed by atoms with Crippen LogP contribution in [0.1, 0.15) is 83.6 Å². The molecule has 0 aromatic carbocycles. The molecule has 4 aliphatic carbocycles. The third-order valence-electron chi connectivity index (χ3n) is 11.1. The van der Waals surface area contributed by atoms with Gasteiger partial charge in [0.25, 0.3) is 0 Å². The molecule has 1 unspecified atom stereocenters. The van der Waals surface area contributed by atoms with Gasteiger partial charge < -0.3 is 9.84 Å². The first-order chi connectivity index (χ1) is 17.3. The molecule has 6 heteroatoms. The maximum Gasteiger partial charge on any atom is 0.157 e. The maximum atomic E-state index is 13.4. The average molecular weight is 494 g/mol. The van der Waals surface area contributed by atoms with E-state index in [1.54, 1.807) is 10.9 Å². The Labute approximate surface area is 216 Å². The van der Waals surface area contributed by atoms with Crippen LogP contribution in [0.25, 0.3) is 0 Å². The van der Waals surface area contributed by atoms with Gasteiger partial charge in [0.15, 0.2) is 5.78 Å². The molecule has 6 nitrogen and oxygen atoms in total. The topological polar surface area (TPSA) is 88.1 Å². The fourth-order valence-electron chi connectivity index (χ4n) is 9.18. The first-order valence-corrected chi connectivity index (χ1v) is 14.2. The van der Waals surface area contributed by atoms with Crippen molar-refractivity contribution in [3.8, 4) is 6.07 Å². The summed E-state index contributed by atoms with van der Waals surface area (Å²) in [6, 6.07) is 2.10. The number of allylic oxidation sites excluding steroid dienone is 1. The molecular weight excluding hydrogens is 450 g/mol. The standard InChI is InChI=1S/C30H43N3O3/c1-4-30-11-10-24-15-29(35,20-36-5-2)13-12-28(24,3)27(30)9-6-22-14-23(30)7-8-25(22)26(34)19-33-18-21(16-31)17-32-33/h4,17-18,22-25,27,35H,1,5-15,19-20H2,2-3H3/t22-,23?,24+,25+,27-,28+,29-,30+/m1/s1. The van der Waals surface area contributed by atoms with Crippen molar-refractivity contribution in [1.82, 2.24) is 9.78 Å². The van der Waals surface area contributed by atoms with E-state index in [1.165, 1.54) is 6.20 Å². The molecule has 4 fully saturated rings. The van der Waals surface area contributed by atoms with Crippen LogP contribution in [0.4, 0.5) is 0 Å². The van der Waals surface area contributed by atoms with Gasteiger partial charge in [0.2, 0.25) is 0 Å². The summed E-state index contributed by atoms with van der Waals surface area (Å²) in [5.74, 6) is 2.44. The van der Waals surface area contributed by atoms with Crippen LogP contribution < -0.4 is 0 Å². The zero-order valence-corrected chi connectivity index (χ0v) is 22.1. The Morgan fingerprint density at radius 1 is 1.28 bits per heavy atom. The van der Waals surface area contributed by atoms with Crippen molar-refractivity contribution in [3.05, 3.63) is 30.6 Å². The number of rotatable bonds is 7. The van der Waals surface area contributed by atoms with Gasteiger partial charge in [0.05, 0.1) is 30.5 Å². The maximum absolute atomic E-state index is 13.4. The minimum absolute atomic E-state index is 0.0873. The molecule has 5 rings (SSSR count). The zero-order valence-electron chi connectivity index (χ0n) is 22.1. The lowest BCUT2D eigenvalue weighted by Crippen LogP contribution is -2.57. The fraction of sp³-hybridized carbons (Fsp3) is 0.767. The van der Waals surface area contributed by atoms with Gasteiger partial charge in [-0.2, -0.15) is 10.4 Å². The van der Waals surface area contributed by atoms with Crippen LogP contribution >= 0.6 is 0 Å². The van der Waals surface area contributed by atoms with Crippen molar-refractivity contribution in [2.45, 2.75) is 90.2 Å². The number of ether oxygens (including phenoxy) is 1. The summed E-state index contributed by atoms with van der Waals surface area (Å²) >= 11 is 0. The summed E-state index contributed by atoms with van der Waals surface area (Å²) in [7, 11) is 0. The Bertz CT molecular complexity index is 1030. The number of ketones is 1. The van der Waals surface area contributed by atoms with Gasteiger partial charge >= 0.3 is 0 Å². The van der Waals surface area contributed by atoms with E-state index in [2.05, 4.69) is 30.7 Å². The number of hydrogen-bond acceptors (Lipinski definition) is 5. The fourth-order valence-corrected chi connectivity index (χ4v) is 9.18. The Morgan fingerprint density at radius 2 is 2.11 bits per heavy atom. The van der Waals surface area contributed by atoms with E-state index in [9.17, 15) is 9.90 Å². The third kappa shape index (κ3) is 4.27. The molecule has 1 aromatic heterocycles. The summed E-state index contributed by atoms with van der Waals surface area (Å²) in [5.41, 5.74) is 0.156. The van der Waals surface area contributed by atoms with Gasteiger partial charge in [-0.05, 0) is 106 Å². The monoisotopic (exact) mass is 493 g/mol. The highest BCUT2D eigenvalue weighted by Gasteiger charge is 2.61. The number of nitriles is 1. The molecule has 1 N–H and O–H groups in total. The van der Waals surface area contributed by atoms with Crippen LogP contribution in [0.3, 0.4) is 0 Å². The van der Waals surface area contributed by atoms with E-state index in [4.69, 9.17) is 10.00 Å². The molecule has 196 valence electrons. The molecule has 1 heterocycles. The molecule has 4 saturated carbocycles. The predicted molar refractivity (Wildman–Crippen MR) is 138 cm³/mol. The summed E-state index contributed by atoms with van der Waals surface area (Å²) in [6.07, 6.45) is 16.0. The van der Waals surface area contributed by atoms with Gasteiger partial charge in [0, 0.05) is 18.7 Å². The number of carbonyl (C=O) groups excluding carboxylic acids is 1. The molecule has 2 bridgehead atoms. The summed E-state index contributed by atoms with van der Waals surface area (Å²) in [6.45, 7) is 10.3. The lowest BCUT2D eigenvalue weighted by molar-refractivity contribution is -0.160. The number of fused-ring (bicyclic) bond motifs is 6. The minimum Gasteiger partial charge on any atom is -0.387 e. The van der Waals surface area contributed by atoms with E-state index in [1.807, 2.05) is 6.92 Å². The molecule has 0 saturated heterocycles. The van der Waals surface area contributed by atoms with Gasteiger partial charge in [0.1, 0.15) is 6.07 Å². The van der Waals surface area contributed by atoms with Crippen molar-refractivity contribution < 1.29 is 14.6 Å². The van der Waals surface area contributed by atoms with Crippen molar-refractivity contribution in [3.63, 3.8) is 0 Å². The SMILES string of the molecule is C=C[C@@]12CC[C@H]3C[C@@](O)(COCC)CC[C@]3(C)[C@H]1CC[C@@H]1CC2CC[C@@H]1C(=O)Cn1cc(C#N)cn1. The lowest BCUT2D eigenvalue weighted by atomic mass is 9.43. The highest BCUT2D eigenvalue weighted by atomic mass is 16.5. The molecule has 4 aliphatic rings. The molecular formula is C30H43N3O3. The Morgan fingerprint density at radius 3 is 2.83 bits per heavy atom. The van der Waals surface area contributed by atoms with Crippen LogP contribution in [0.15, 0.2) is 25.0 Å². The van der Waals surface area contributed by atoms with Crippen molar-refractivity contribution in [1.29, 1.82) is 5.26 Å². The van der Waals surface area contributed by atoms with Crippen LogP contribution in [0.5, 0.6) is 0 Å². The van der Waals surface area contributed by atoms with Crippen molar-refractivity contribution in [2.24, 2.45) is 40.4 Å². The molecule has 0 aliphatic heterocycles. The van der Waals surface area contributed by atoms with E-state index >= 15 is 0 Å². The van der Waals surface area contributed by atoms with Crippen molar-refractivity contribution in [2.75, 3.05) is 13.2 Å². The number of nitrogens with zero attached hydrogens (tertiary/aromatic N) is 3. The highest BCUT2D eigenvalue weighted by Crippen LogP contribution is 2.68. The quantitative estimate of drug-likeness (QED) is 0.520. The molecule has 8 atom stereocenters. The number of hydrogen-bond donors (Lipinski definition) is 1. The molecule has 0 spiro atoms. The number of carbonyl (C=O) groups is 1. The number of aliphatic hydroxyl groups is 1. The second-order valence-corrected chi connectivity index (χ2v) is 12.6. The van der Waals surface area contributed by atoms with Crippen LogP contribution in [0, 0.1) is 51.8 Å². The second-order valence-electron chi connectivity index (χ2n) is 12.6. The van der Waals surface area contributed by atoms with Crippen LogP contribution in [-0.4, -0.2) is 39.5 Å². The largest absolute Gasteiger partial charge is 0.387 e. The molecule has 1 aromatic rings. The minimum atomic E-state index is -0.690. The second kappa shape index (κ2) is 9.72. The molecule has 36 heavy (non-hydrogen) atoms. The van der Waals surface area contributed by atoms with E-state index in [0.29, 0.717) is 42.4 Å². The lowest BCUT2D eigenvalue weighted by Gasteiger charge is -2.62. The van der Waals surface area contributed by atoms with E-state index in [-0.39, 0.29) is 29.1 Å². The van der Waals surface area contributed by atoms with Crippen LogP contribution in [-0.2, 0) is 16.1 Å². The number of Topliss-reactive ketones (excluding diaryl/α,β-unsaturated/α-hetero) is 1. The van der Waals surface area contributed by atoms with E-state index in [0.717, 1.165) is 64.2 Å². The Hall–Kier alpha value is -1.97. The van der Waals surface area contributed by atoms with Gasteiger partial charge in [-0.15, -0.1) is 6.58 Å². The Balaban J connectivity index is 1.35. The van der Waals surface area contributed by atoms with Gasteiger partial charge in [-0.3, -0.25) is 9.48 Å². The molecule has 0 amide bonds. The van der Waals surface area contributed by atoms with Crippen LogP contribution in [0.2, 0.25) is 0 Å². The summed E-state index contributed by atoms with van der Waals surface area (Å²) in [4.78, 5) is 13.4. The number of aromatic nitrogens is 2. The highest BCUT2D eigenvalue weighted by molar-refractivity contribution is 5.81. The normalized spacial score (nSPS) is 41.9. The first-order valence-electron chi connectivity index (χ1n) is 14.2. The average Bonchev–Trinajstić information content (AvgIpc) is 3.29. The Kier molecular flexibility index (Phi) is 6.93.